The topological polar surface area (TPSA) is 26.0 Å². The summed E-state index contributed by atoms with van der Waals surface area (Å²) in [5.41, 5.74) is 1.97. The van der Waals surface area contributed by atoms with Crippen LogP contribution in [0.2, 0.25) is 0 Å². The van der Waals surface area contributed by atoms with Gasteiger partial charge >= 0.3 is 0 Å². The van der Waals surface area contributed by atoms with Crippen molar-refractivity contribution in [3.63, 3.8) is 0 Å². The van der Waals surface area contributed by atoms with Crippen LogP contribution in [0, 0.1) is 0 Å². The molecule has 0 bridgehead atoms. The summed E-state index contributed by atoms with van der Waals surface area (Å²) >= 11 is 3.49. The number of hydrogen-bond donors (Lipinski definition) is 0. The fraction of sp³-hybridized carbons (Fsp3) is 0.308. The highest BCUT2D eigenvalue weighted by atomic mass is 79.9. The molecule has 1 aromatic carbocycles. The average Bonchev–Trinajstić information content (AvgIpc) is 2.66. The molecule has 0 aliphatic heterocycles. The molecule has 0 radical (unpaired) electrons. The van der Waals surface area contributed by atoms with E-state index in [1.54, 1.807) is 6.26 Å². The lowest BCUT2D eigenvalue weighted by molar-refractivity contribution is 0.543. The first-order valence-corrected chi connectivity index (χ1v) is 5.99. The van der Waals surface area contributed by atoms with Crippen LogP contribution in [0.5, 0.6) is 0 Å². The third-order valence-corrected chi connectivity index (χ3v) is 3.07. The molecule has 0 amide bonds. The summed E-state index contributed by atoms with van der Waals surface area (Å²) in [6, 6.07) is 7.92. The number of oxazole rings is 1. The van der Waals surface area contributed by atoms with Crippen LogP contribution in [0.1, 0.15) is 26.5 Å². The van der Waals surface area contributed by atoms with E-state index in [2.05, 4.69) is 41.7 Å². The zero-order valence-electron chi connectivity index (χ0n) is 9.62. The van der Waals surface area contributed by atoms with Gasteiger partial charge in [0.1, 0.15) is 6.26 Å². The van der Waals surface area contributed by atoms with Gasteiger partial charge in [0.05, 0.1) is 11.3 Å². The van der Waals surface area contributed by atoms with Crippen molar-refractivity contribution >= 4 is 15.9 Å². The Kier molecular flexibility index (Phi) is 2.89. The number of rotatable bonds is 1. The number of halogens is 1. The Balaban J connectivity index is 2.44. The predicted octanol–water partition coefficient (Wildman–Crippen LogP) is 4.40. The Bertz CT molecular complexity index is 497. The number of aromatic nitrogens is 1. The molecule has 0 aliphatic carbocycles. The van der Waals surface area contributed by atoms with E-state index in [1.165, 1.54) is 0 Å². The Morgan fingerprint density at radius 1 is 1.19 bits per heavy atom. The second-order valence-corrected chi connectivity index (χ2v) is 5.62. The number of benzene rings is 1. The van der Waals surface area contributed by atoms with Crippen molar-refractivity contribution in [1.82, 2.24) is 4.98 Å². The molecule has 1 aromatic heterocycles. The second-order valence-electron chi connectivity index (χ2n) is 4.77. The molecule has 16 heavy (non-hydrogen) atoms. The molecule has 2 nitrogen and oxygen atoms in total. The average molecular weight is 280 g/mol. The van der Waals surface area contributed by atoms with Crippen LogP contribution in [0.4, 0.5) is 0 Å². The van der Waals surface area contributed by atoms with Gasteiger partial charge in [-0.05, 0) is 28.1 Å². The summed E-state index contributed by atoms with van der Waals surface area (Å²) in [6.45, 7) is 6.36. The standard InChI is InChI=1S/C13H14BrNO/c1-13(2,3)11-8-16-12(15-11)9-6-4-5-7-10(9)14/h4-8H,1-3H3. The third-order valence-electron chi connectivity index (χ3n) is 2.38. The maximum absolute atomic E-state index is 5.52. The number of hydrogen-bond acceptors (Lipinski definition) is 2. The molecule has 0 fully saturated rings. The van der Waals surface area contributed by atoms with E-state index in [0.29, 0.717) is 5.89 Å². The van der Waals surface area contributed by atoms with Gasteiger partial charge in [-0.25, -0.2) is 4.98 Å². The van der Waals surface area contributed by atoms with Crippen molar-refractivity contribution in [2.24, 2.45) is 0 Å². The molecule has 0 atom stereocenters. The van der Waals surface area contributed by atoms with Crippen molar-refractivity contribution in [3.05, 3.63) is 40.7 Å². The lowest BCUT2D eigenvalue weighted by Gasteiger charge is -2.12. The molecule has 1 heterocycles. The zero-order valence-corrected chi connectivity index (χ0v) is 11.2. The Hall–Kier alpha value is -1.09. The summed E-state index contributed by atoms with van der Waals surface area (Å²) in [7, 11) is 0. The van der Waals surface area contributed by atoms with Crippen LogP contribution < -0.4 is 0 Å². The van der Waals surface area contributed by atoms with Crippen molar-refractivity contribution in [2.75, 3.05) is 0 Å². The number of nitrogens with zero attached hydrogens (tertiary/aromatic N) is 1. The van der Waals surface area contributed by atoms with Crippen molar-refractivity contribution in [1.29, 1.82) is 0 Å². The maximum atomic E-state index is 5.52. The minimum atomic E-state index is 0.0169. The molecular formula is C13H14BrNO. The summed E-state index contributed by atoms with van der Waals surface area (Å²) in [5.74, 6) is 0.664. The van der Waals surface area contributed by atoms with Gasteiger partial charge in [0.2, 0.25) is 5.89 Å². The molecule has 0 N–H and O–H groups in total. The summed E-state index contributed by atoms with van der Waals surface area (Å²) in [6.07, 6.45) is 1.73. The molecule has 0 unspecified atom stereocenters. The molecule has 0 saturated heterocycles. The van der Waals surface area contributed by atoms with E-state index in [9.17, 15) is 0 Å². The zero-order chi connectivity index (χ0) is 11.8. The largest absolute Gasteiger partial charge is 0.444 e. The molecule has 3 heteroatoms. The summed E-state index contributed by atoms with van der Waals surface area (Å²) in [4.78, 5) is 4.52. The SMILES string of the molecule is CC(C)(C)c1coc(-c2ccccc2Br)n1. The van der Waals surface area contributed by atoms with Gasteiger partial charge in [-0.1, -0.05) is 32.9 Å². The quantitative estimate of drug-likeness (QED) is 0.773. The minimum absolute atomic E-state index is 0.0169. The van der Waals surface area contributed by atoms with Gasteiger partial charge in [-0.15, -0.1) is 0 Å². The second kappa shape index (κ2) is 4.06. The third kappa shape index (κ3) is 2.19. The van der Waals surface area contributed by atoms with Gasteiger partial charge in [0.15, 0.2) is 0 Å². The first-order chi connectivity index (χ1) is 7.48. The molecular weight excluding hydrogens is 266 g/mol. The van der Waals surface area contributed by atoms with Gasteiger partial charge in [0.25, 0.3) is 0 Å². The Morgan fingerprint density at radius 3 is 2.44 bits per heavy atom. The van der Waals surface area contributed by atoms with Crippen molar-refractivity contribution < 1.29 is 4.42 Å². The molecule has 0 spiro atoms. The van der Waals surface area contributed by atoms with Gasteiger partial charge in [0, 0.05) is 9.89 Å². The molecule has 2 aromatic rings. The smallest absolute Gasteiger partial charge is 0.227 e. The predicted molar refractivity (Wildman–Crippen MR) is 68.3 cm³/mol. The molecule has 2 rings (SSSR count). The Morgan fingerprint density at radius 2 is 1.88 bits per heavy atom. The van der Waals surface area contributed by atoms with E-state index in [4.69, 9.17) is 4.42 Å². The van der Waals surface area contributed by atoms with Crippen LogP contribution in [-0.2, 0) is 5.41 Å². The first-order valence-electron chi connectivity index (χ1n) is 5.19. The summed E-state index contributed by atoms with van der Waals surface area (Å²) < 4.78 is 6.51. The van der Waals surface area contributed by atoms with E-state index >= 15 is 0 Å². The van der Waals surface area contributed by atoms with Crippen LogP contribution in [-0.4, -0.2) is 4.98 Å². The lowest BCUT2D eigenvalue weighted by Crippen LogP contribution is -2.11. The van der Waals surface area contributed by atoms with E-state index in [1.807, 2.05) is 24.3 Å². The molecule has 84 valence electrons. The van der Waals surface area contributed by atoms with E-state index in [0.717, 1.165) is 15.7 Å². The van der Waals surface area contributed by atoms with Crippen LogP contribution in [0.15, 0.2) is 39.4 Å². The monoisotopic (exact) mass is 279 g/mol. The first kappa shape index (κ1) is 11.4. The van der Waals surface area contributed by atoms with E-state index in [-0.39, 0.29) is 5.41 Å². The Labute approximate surface area is 104 Å². The van der Waals surface area contributed by atoms with Crippen LogP contribution >= 0.6 is 15.9 Å². The highest BCUT2D eigenvalue weighted by Crippen LogP contribution is 2.30. The van der Waals surface area contributed by atoms with Crippen LogP contribution in [0.3, 0.4) is 0 Å². The molecule has 0 saturated carbocycles. The van der Waals surface area contributed by atoms with Crippen LogP contribution in [0.25, 0.3) is 11.5 Å². The fourth-order valence-corrected chi connectivity index (χ4v) is 1.83. The van der Waals surface area contributed by atoms with Gasteiger partial charge in [-0.2, -0.15) is 0 Å². The lowest BCUT2D eigenvalue weighted by atomic mass is 9.93. The van der Waals surface area contributed by atoms with Gasteiger partial charge in [-0.3, -0.25) is 0 Å². The summed E-state index contributed by atoms with van der Waals surface area (Å²) in [5, 5.41) is 0. The highest BCUT2D eigenvalue weighted by Gasteiger charge is 2.19. The van der Waals surface area contributed by atoms with E-state index < -0.39 is 0 Å². The normalized spacial score (nSPS) is 11.8. The molecule has 0 aliphatic rings. The maximum Gasteiger partial charge on any atom is 0.227 e. The highest BCUT2D eigenvalue weighted by molar-refractivity contribution is 9.10. The van der Waals surface area contributed by atoms with Crippen molar-refractivity contribution in [3.8, 4) is 11.5 Å². The minimum Gasteiger partial charge on any atom is -0.444 e. The van der Waals surface area contributed by atoms with Crippen molar-refractivity contribution in [2.45, 2.75) is 26.2 Å². The van der Waals surface area contributed by atoms with Gasteiger partial charge < -0.3 is 4.42 Å². The fourth-order valence-electron chi connectivity index (χ4n) is 1.38.